The molecule has 0 saturated heterocycles. The van der Waals surface area contributed by atoms with Gasteiger partial charge in [0.1, 0.15) is 0 Å². The molecular weight excluding hydrogens is 312 g/mol. The minimum absolute atomic E-state index is 0.0879. The molecule has 0 heterocycles. The molecular formula is C19H25F2NO2. The van der Waals surface area contributed by atoms with Gasteiger partial charge in [0.15, 0.2) is 11.5 Å². The lowest BCUT2D eigenvalue weighted by molar-refractivity contribution is -0.0512. The monoisotopic (exact) mass is 337 g/mol. The van der Waals surface area contributed by atoms with Crippen LogP contribution in [0.3, 0.4) is 0 Å². The minimum atomic E-state index is -2.84. The topological polar surface area (TPSA) is 30.5 Å². The van der Waals surface area contributed by atoms with Gasteiger partial charge in [-0.1, -0.05) is 12.5 Å². The Morgan fingerprint density at radius 2 is 1.96 bits per heavy atom. The van der Waals surface area contributed by atoms with Crippen LogP contribution in [0, 0.1) is 23.7 Å². The fraction of sp³-hybridized carbons (Fsp3) is 0.684. The number of hydrogen-bond donors (Lipinski definition) is 1. The Hall–Kier alpha value is -1.36. The van der Waals surface area contributed by atoms with Crippen LogP contribution in [0.4, 0.5) is 8.78 Å². The maximum atomic E-state index is 12.4. The lowest BCUT2D eigenvalue weighted by Gasteiger charge is -2.32. The number of benzene rings is 1. The number of hydrogen-bond acceptors (Lipinski definition) is 3. The highest BCUT2D eigenvalue weighted by atomic mass is 19.3. The van der Waals surface area contributed by atoms with Crippen LogP contribution in [0.15, 0.2) is 18.2 Å². The normalized spacial score (nSPS) is 33.9. The first-order valence-corrected chi connectivity index (χ1v) is 9.01. The number of rotatable bonds is 6. The Bertz CT molecular complexity index is 595. The van der Waals surface area contributed by atoms with Crippen molar-refractivity contribution in [3.63, 3.8) is 0 Å². The Morgan fingerprint density at radius 3 is 2.75 bits per heavy atom. The third-order valence-corrected chi connectivity index (χ3v) is 6.44. The first-order valence-electron chi connectivity index (χ1n) is 9.01. The highest BCUT2D eigenvalue weighted by Gasteiger charge is 2.53. The minimum Gasteiger partial charge on any atom is -0.493 e. The summed E-state index contributed by atoms with van der Waals surface area (Å²) in [6.07, 6.45) is 6.98. The zero-order valence-electron chi connectivity index (χ0n) is 14.0. The van der Waals surface area contributed by atoms with Gasteiger partial charge in [-0.25, -0.2) is 0 Å². The Labute approximate surface area is 141 Å². The van der Waals surface area contributed by atoms with Crippen LogP contribution in [-0.2, 0) is 6.54 Å². The maximum absolute atomic E-state index is 12.4. The molecule has 1 aromatic rings. The number of ether oxygens (including phenoxy) is 2. The molecule has 0 amide bonds. The van der Waals surface area contributed by atoms with E-state index in [4.69, 9.17) is 4.74 Å². The first kappa shape index (κ1) is 16.1. The van der Waals surface area contributed by atoms with Crippen molar-refractivity contribution in [2.24, 2.45) is 23.7 Å². The molecule has 5 heteroatoms. The fourth-order valence-corrected chi connectivity index (χ4v) is 5.57. The van der Waals surface area contributed by atoms with Gasteiger partial charge in [0, 0.05) is 12.6 Å². The summed E-state index contributed by atoms with van der Waals surface area (Å²) in [6.45, 7) is -2.09. The zero-order chi connectivity index (χ0) is 16.7. The highest BCUT2D eigenvalue weighted by Crippen LogP contribution is 2.58. The molecule has 3 nitrogen and oxygen atoms in total. The van der Waals surface area contributed by atoms with Crippen molar-refractivity contribution >= 4 is 0 Å². The Kier molecular flexibility index (Phi) is 4.37. The molecule has 0 spiro atoms. The molecule has 3 fully saturated rings. The SMILES string of the molecule is COc1cc(CN[C@H]2C[C@H]3C[C@H]2[C@H]2CCC[C@H]32)ccc1OC(F)F. The Balaban J connectivity index is 1.38. The zero-order valence-corrected chi connectivity index (χ0v) is 14.0. The van der Waals surface area contributed by atoms with Gasteiger partial charge in [-0.2, -0.15) is 8.78 Å². The van der Waals surface area contributed by atoms with E-state index in [1.807, 2.05) is 6.07 Å². The molecule has 3 aliphatic rings. The number of halogens is 2. The summed E-state index contributed by atoms with van der Waals surface area (Å²) < 4.78 is 34.4. The number of nitrogens with one attached hydrogen (secondary N) is 1. The van der Waals surface area contributed by atoms with Crippen molar-refractivity contribution in [2.45, 2.75) is 51.3 Å². The molecule has 3 saturated carbocycles. The van der Waals surface area contributed by atoms with Gasteiger partial charge in [-0.05, 0) is 67.1 Å². The largest absolute Gasteiger partial charge is 0.493 e. The van der Waals surface area contributed by atoms with Crippen LogP contribution in [0.25, 0.3) is 0 Å². The highest BCUT2D eigenvalue weighted by molar-refractivity contribution is 5.43. The number of alkyl halides is 2. The van der Waals surface area contributed by atoms with Crippen molar-refractivity contribution < 1.29 is 18.3 Å². The van der Waals surface area contributed by atoms with Crippen LogP contribution in [0.5, 0.6) is 11.5 Å². The summed E-state index contributed by atoms with van der Waals surface area (Å²) in [6, 6.07) is 5.79. The van der Waals surface area contributed by atoms with Gasteiger partial charge < -0.3 is 14.8 Å². The van der Waals surface area contributed by atoms with Crippen molar-refractivity contribution in [3.05, 3.63) is 23.8 Å². The summed E-state index contributed by atoms with van der Waals surface area (Å²) in [5.41, 5.74) is 1.04. The molecule has 5 atom stereocenters. The van der Waals surface area contributed by atoms with E-state index in [9.17, 15) is 8.78 Å². The molecule has 0 unspecified atom stereocenters. The predicted molar refractivity (Wildman–Crippen MR) is 87.3 cm³/mol. The van der Waals surface area contributed by atoms with Gasteiger partial charge >= 0.3 is 6.61 Å². The second-order valence-electron chi connectivity index (χ2n) is 7.51. The summed E-state index contributed by atoms with van der Waals surface area (Å²) >= 11 is 0. The van der Waals surface area contributed by atoms with E-state index in [0.29, 0.717) is 11.8 Å². The Morgan fingerprint density at radius 1 is 1.12 bits per heavy atom. The fourth-order valence-electron chi connectivity index (χ4n) is 5.57. The van der Waals surface area contributed by atoms with Crippen LogP contribution >= 0.6 is 0 Å². The molecule has 0 aromatic heterocycles. The standard InChI is InChI=1S/C19H25F2NO2/c1-23-18-7-11(5-6-17(18)24-19(20)21)10-22-16-9-12-8-15(16)14-4-2-3-13(12)14/h5-7,12-16,19,22H,2-4,8-10H2,1H3/t12-,13-,14+,15+,16+/m1/s1. The second-order valence-corrected chi connectivity index (χ2v) is 7.51. The molecule has 4 rings (SSSR count). The quantitative estimate of drug-likeness (QED) is 0.843. The molecule has 1 N–H and O–H groups in total. The van der Waals surface area contributed by atoms with Crippen LogP contribution in [0.1, 0.15) is 37.7 Å². The average molecular weight is 337 g/mol. The van der Waals surface area contributed by atoms with E-state index in [0.717, 1.165) is 35.8 Å². The van der Waals surface area contributed by atoms with Crippen molar-refractivity contribution in [3.8, 4) is 11.5 Å². The third kappa shape index (κ3) is 2.87. The van der Waals surface area contributed by atoms with Crippen molar-refractivity contribution in [2.75, 3.05) is 7.11 Å². The predicted octanol–water partition coefficient (Wildman–Crippen LogP) is 4.21. The molecule has 1 aromatic carbocycles. The number of methoxy groups -OCH3 is 1. The van der Waals surface area contributed by atoms with Crippen LogP contribution in [0.2, 0.25) is 0 Å². The number of fused-ring (bicyclic) bond motifs is 5. The lowest BCUT2D eigenvalue weighted by atomic mass is 9.79. The van der Waals surface area contributed by atoms with E-state index < -0.39 is 6.61 Å². The van der Waals surface area contributed by atoms with Gasteiger partial charge in [0.2, 0.25) is 0 Å². The summed E-state index contributed by atoms with van der Waals surface area (Å²) in [4.78, 5) is 0. The van der Waals surface area contributed by atoms with Crippen molar-refractivity contribution in [1.82, 2.24) is 5.32 Å². The first-order chi connectivity index (χ1) is 11.7. The van der Waals surface area contributed by atoms with Gasteiger partial charge in [0.25, 0.3) is 0 Å². The van der Waals surface area contributed by atoms with E-state index in [2.05, 4.69) is 10.1 Å². The molecule has 0 radical (unpaired) electrons. The van der Waals surface area contributed by atoms with Crippen LogP contribution in [-0.4, -0.2) is 19.8 Å². The summed E-state index contributed by atoms with van der Waals surface area (Å²) in [7, 11) is 1.47. The van der Waals surface area contributed by atoms with E-state index in [-0.39, 0.29) is 5.75 Å². The van der Waals surface area contributed by atoms with E-state index >= 15 is 0 Å². The van der Waals surface area contributed by atoms with Crippen molar-refractivity contribution in [1.29, 1.82) is 0 Å². The van der Waals surface area contributed by atoms with Gasteiger partial charge in [0.05, 0.1) is 7.11 Å². The van der Waals surface area contributed by atoms with Gasteiger partial charge in [-0.3, -0.25) is 0 Å². The van der Waals surface area contributed by atoms with Gasteiger partial charge in [-0.15, -0.1) is 0 Å². The lowest BCUT2D eigenvalue weighted by Crippen LogP contribution is -2.38. The molecule has 0 aliphatic heterocycles. The molecule has 3 aliphatic carbocycles. The van der Waals surface area contributed by atoms with E-state index in [1.165, 1.54) is 39.2 Å². The summed E-state index contributed by atoms with van der Waals surface area (Å²) in [5.74, 6) is 4.15. The third-order valence-electron chi connectivity index (χ3n) is 6.44. The molecule has 132 valence electrons. The smallest absolute Gasteiger partial charge is 0.387 e. The maximum Gasteiger partial charge on any atom is 0.387 e. The summed E-state index contributed by atoms with van der Waals surface area (Å²) in [5, 5.41) is 3.71. The second kappa shape index (κ2) is 6.51. The van der Waals surface area contributed by atoms with E-state index in [1.54, 1.807) is 12.1 Å². The van der Waals surface area contributed by atoms with Crippen LogP contribution < -0.4 is 14.8 Å². The average Bonchev–Trinajstić information content (AvgIpc) is 3.26. The molecule has 2 bridgehead atoms. The molecule has 24 heavy (non-hydrogen) atoms.